The average molecular weight is 595 g/mol. The minimum absolute atomic E-state index is 0.448. The van der Waals surface area contributed by atoms with Gasteiger partial charge in [-0.2, -0.15) is 0 Å². The normalized spacial score (nSPS) is 14.7. The predicted octanol–water partition coefficient (Wildman–Crippen LogP) is 11.6. The highest BCUT2D eigenvalue weighted by molar-refractivity contribution is 7.48. The van der Waals surface area contributed by atoms with Gasteiger partial charge < -0.3 is 0 Å². The zero-order valence-corrected chi connectivity index (χ0v) is 29.3. The second-order valence-corrected chi connectivity index (χ2v) is 16.3. The molecule has 0 spiro atoms. The minimum Gasteiger partial charge on any atom is -0.0824 e. The molecule has 0 nitrogen and oxygen atoms in total. The molecule has 0 aliphatic rings. The molecule has 0 saturated heterocycles. The highest BCUT2D eigenvalue weighted by Gasteiger charge is 2.29. The van der Waals surface area contributed by atoms with E-state index in [1.807, 2.05) is 0 Å². The summed E-state index contributed by atoms with van der Waals surface area (Å²) in [5, 5.41) is 3.01. The molecule has 0 saturated carbocycles. The van der Waals surface area contributed by atoms with Crippen molar-refractivity contribution in [2.24, 2.45) is 5.92 Å². The van der Waals surface area contributed by atoms with Crippen molar-refractivity contribution >= 4 is 27.8 Å². The van der Waals surface area contributed by atoms with Gasteiger partial charge in [0.15, 0.2) is 0 Å². The van der Waals surface area contributed by atoms with Crippen molar-refractivity contribution in [1.29, 1.82) is 0 Å². The summed E-state index contributed by atoms with van der Waals surface area (Å²) in [5.41, 5.74) is 9.71. The second kappa shape index (κ2) is 15.0. The highest BCUT2D eigenvalue weighted by atomic mass is 31.1. The number of benzene rings is 4. The second-order valence-electron chi connectivity index (χ2n) is 13.3. The van der Waals surface area contributed by atoms with Crippen molar-refractivity contribution < 1.29 is 0 Å². The smallest absolute Gasteiger partial charge is 0.00895 e. The van der Waals surface area contributed by atoms with Crippen LogP contribution in [0.1, 0.15) is 131 Å². The van der Waals surface area contributed by atoms with Crippen LogP contribution in [0.25, 0.3) is 0 Å². The zero-order chi connectivity index (χ0) is 30.4. The van der Waals surface area contributed by atoms with Crippen molar-refractivity contribution in [3.63, 3.8) is 0 Å². The fourth-order valence-electron chi connectivity index (χ4n) is 5.76. The highest BCUT2D eigenvalue weighted by Crippen LogP contribution is 2.52. The van der Waals surface area contributed by atoms with Gasteiger partial charge in [-0.3, -0.25) is 0 Å². The molecule has 0 heterocycles. The molecule has 0 aromatic heterocycles. The summed E-state index contributed by atoms with van der Waals surface area (Å²) in [4.78, 5) is 0. The largest absolute Gasteiger partial charge is 0.0824 e. The van der Waals surface area contributed by atoms with E-state index in [-0.39, 0.29) is 0 Å². The van der Waals surface area contributed by atoms with Crippen LogP contribution in [0.2, 0.25) is 0 Å². The van der Waals surface area contributed by atoms with E-state index in [2.05, 4.69) is 159 Å². The summed E-state index contributed by atoms with van der Waals surface area (Å²) in [6.07, 6.45) is 0. The van der Waals surface area contributed by atoms with E-state index in [0.717, 1.165) is 17.2 Å². The van der Waals surface area contributed by atoms with E-state index in [9.17, 15) is 0 Å². The van der Waals surface area contributed by atoms with Gasteiger partial charge >= 0.3 is 0 Å². The Bertz CT molecular complexity index is 1240. The first-order valence-corrected chi connectivity index (χ1v) is 18.1. The molecule has 42 heavy (non-hydrogen) atoms. The van der Waals surface area contributed by atoms with Crippen LogP contribution in [-0.4, -0.2) is 0 Å². The van der Waals surface area contributed by atoms with Crippen LogP contribution < -0.4 is 10.6 Å². The molecule has 4 aromatic carbocycles. The summed E-state index contributed by atoms with van der Waals surface area (Å²) in [7, 11) is 1.44. The monoisotopic (exact) mass is 594 g/mol. The van der Waals surface area contributed by atoms with Gasteiger partial charge in [-0.1, -0.05) is 177 Å². The Morgan fingerprint density at radius 1 is 0.357 bits per heavy atom. The van der Waals surface area contributed by atoms with Gasteiger partial charge in [0, 0.05) is 11.3 Å². The lowest BCUT2D eigenvalue weighted by molar-refractivity contribution is 0.549. The van der Waals surface area contributed by atoms with Gasteiger partial charge in [0.2, 0.25) is 0 Å². The zero-order valence-electron chi connectivity index (χ0n) is 27.3. The first-order chi connectivity index (χ1) is 20.0. The Morgan fingerprint density at radius 2 is 0.643 bits per heavy atom. The first-order valence-electron chi connectivity index (χ1n) is 16.0. The van der Waals surface area contributed by atoms with E-state index in [1.54, 1.807) is 0 Å². The van der Waals surface area contributed by atoms with Crippen LogP contribution in [0.3, 0.4) is 0 Å². The van der Waals surface area contributed by atoms with Gasteiger partial charge in [-0.15, -0.1) is 0 Å². The molecule has 2 heteroatoms. The maximum atomic E-state index is 2.53. The standard InChI is InChI=1S/C40H52P2/c1-26(2)33-20-34(27(3)4)23-37(22-33)41-39(31-16-12-10-13-17-31)30(9)40(32-18-14-11-15-19-32)42-38-24-35(28(5)6)21-36(25-38)29(7)8/h10-30,39-42H,1-9H3. The van der Waals surface area contributed by atoms with E-state index in [4.69, 9.17) is 0 Å². The molecular formula is C40H52P2. The summed E-state index contributed by atoms with van der Waals surface area (Å²) in [5.74, 6) is 2.59. The lowest BCUT2D eigenvalue weighted by atomic mass is 9.93. The molecule has 4 unspecified atom stereocenters. The van der Waals surface area contributed by atoms with Crippen molar-refractivity contribution in [3.8, 4) is 0 Å². The van der Waals surface area contributed by atoms with Crippen LogP contribution in [-0.2, 0) is 0 Å². The summed E-state index contributed by atoms with van der Waals surface area (Å²) >= 11 is 0. The predicted molar refractivity (Wildman–Crippen MR) is 193 cm³/mol. The molecule has 0 fully saturated rings. The van der Waals surface area contributed by atoms with E-state index < -0.39 is 0 Å². The minimum atomic E-state index is 0.448. The Hall–Kier alpha value is -2.26. The van der Waals surface area contributed by atoms with Crippen molar-refractivity contribution in [3.05, 3.63) is 130 Å². The molecule has 0 amide bonds. The van der Waals surface area contributed by atoms with E-state index in [0.29, 0.717) is 40.9 Å². The van der Waals surface area contributed by atoms with E-state index >= 15 is 0 Å². The SMILES string of the molecule is CC(C)c1cc(PC(c2ccccc2)C(C)C(Pc2cc(C(C)C)cc(C(C)C)c2)c2ccccc2)cc(C(C)C)c1. The van der Waals surface area contributed by atoms with Gasteiger partial charge in [-0.05, 0) is 73.6 Å². The number of rotatable bonds is 12. The molecule has 4 atom stereocenters. The topological polar surface area (TPSA) is 0 Å². The first kappa shape index (κ1) is 32.6. The van der Waals surface area contributed by atoms with Crippen molar-refractivity contribution in [2.45, 2.75) is 97.3 Å². The third-order valence-corrected chi connectivity index (χ3v) is 12.2. The molecule has 4 rings (SSSR count). The third kappa shape index (κ3) is 8.43. The fraction of sp³-hybridized carbons (Fsp3) is 0.400. The van der Waals surface area contributed by atoms with Crippen molar-refractivity contribution in [1.82, 2.24) is 0 Å². The van der Waals surface area contributed by atoms with Gasteiger partial charge in [0.05, 0.1) is 0 Å². The molecule has 0 aliphatic heterocycles. The summed E-state index contributed by atoms with van der Waals surface area (Å²) in [6, 6.07) is 37.6. The summed E-state index contributed by atoms with van der Waals surface area (Å²) in [6.45, 7) is 21.1. The molecule has 0 bridgehead atoms. The Morgan fingerprint density at radius 3 is 0.905 bits per heavy atom. The average Bonchev–Trinajstić information content (AvgIpc) is 2.98. The Kier molecular flexibility index (Phi) is 11.6. The molecule has 0 N–H and O–H groups in total. The lowest BCUT2D eigenvalue weighted by Gasteiger charge is -2.33. The molecule has 222 valence electrons. The Labute approximate surface area is 260 Å². The van der Waals surface area contributed by atoms with Crippen LogP contribution in [0.5, 0.6) is 0 Å². The number of hydrogen-bond donors (Lipinski definition) is 0. The fourth-order valence-corrected chi connectivity index (χ4v) is 9.30. The number of hydrogen-bond acceptors (Lipinski definition) is 0. The van der Waals surface area contributed by atoms with Crippen LogP contribution in [0.4, 0.5) is 0 Å². The van der Waals surface area contributed by atoms with Crippen LogP contribution >= 0.6 is 17.2 Å². The maximum Gasteiger partial charge on any atom is 0.00895 e. The summed E-state index contributed by atoms with van der Waals surface area (Å²) < 4.78 is 0. The van der Waals surface area contributed by atoms with Crippen molar-refractivity contribution in [2.75, 3.05) is 0 Å². The maximum absolute atomic E-state index is 2.53. The van der Waals surface area contributed by atoms with Gasteiger partial charge in [0.25, 0.3) is 0 Å². The van der Waals surface area contributed by atoms with Gasteiger partial charge in [0.1, 0.15) is 0 Å². The van der Waals surface area contributed by atoms with Crippen LogP contribution in [0.15, 0.2) is 97.1 Å². The Balaban J connectivity index is 1.80. The molecule has 0 aliphatic carbocycles. The van der Waals surface area contributed by atoms with Crippen LogP contribution in [0, 0.1) is 5.92 Å². The third-order valence-electron chi connectivity index (χ3n) is 8.64. The lowest BCUT2D eigenvalue weighted by Crippen LogP contribution is -2.18. The van der Waals surface area contributed by atoms with Gasteiger partial charge in [-0.25, -0.2) is 0 Å². The molecule has 0 radical (unpaired) electrons. The molecular weight excluding hydrogens is 542 g/mol. The van der Waals surface area contributed by atoms with E-state index in [1.165, 1.54) is 44.0 Å². The molecule has 4 aromatic rings. The quantitative estimate of drug-likeness (QED) is 0.143.